The first-order valence-electron chi connectivity index (χ1n) is 10.7. The first-order chi connectivity index (χ1) is 16.1. The topological polar surface area (TPSA) is 105 Å². The van der Waals surface area contributed by atoms with E-state index in [2.05, 4.69) is 33.8 Å². The number of aromatic amines is 1. The summed E-state index contributed by atoms with van der Waals surface area (Å²) in [5.41, 5.74) is 9.41. The van der Waals surface area contributed by atoms with Gasteiger partial charge in [0.2, 0.25) is 0 Å². The quantitative estimate of drug-likeness (QED) is 0.264. The molecule has 0 saturated heterocycles. The van der Waals surface area contributed by atoms with Gasteiger partial charge in [0.1, 0.15) is 0 Å². The molecule has 0 spiro atoms. The second-order valence-corrected chi connectivity index (χ2v) is 7.83. The lowest BCUT2D eigenvalue weighted by Crippen LogP contribution is -2.25. The molecule has 3 N–H and O–H groups in total. The molecule has 8 nitrogen and oxygen atoms in total. The second-order valence-electron chi connectivity index (χ2n) is 7.83. The second kappa shape index (κ2) is 8.85. The first-order valence-corrected chi connectivity index (χ1v) is 10.7. The molecule has 1 amide bonds. The number of rotatable bonds is 7. The number of nitrogens with one attached hydrogen (secondary N) is 2. The van der Waals surface area contributed by atoms with E-state index in [1.165, 1.54) is 0 Å². The van der Waals surface area contributed by atoms with E-state index in [0.29, 0.717) is 12.1 Å². The van der Waals surface area contributed by atoms with Crippen LogP contribution in [-0.2, 0) is 11.4 Å². The van der Waals surface area contributed by atoms with Crippen LogP contribution in [0.4, 0.5) is 0 Å². The van der Waals surface area contributed by atoms with E-state index in [0.717, 1.165) is 44.5 Å². The van der Waals surface area contributed by atoms with Crippen molar-refractivity contribution in [1.29, 1.82) is 0 Å². The van der Waals surface area contributed by atoms with E-state index >= 15 is 0 Å². The molecule has 0 aliphatic carbocycles. The molecule has 0 unspecified atom stereocenters. The van der Waals surface area contributed by atoms with Gasteiger partial charge < -0.3 is 5.11 Å². The molecule has 33 heavy (non-hydrogen) atoms. The van der Waals surface area contributed by atoms with Crippen LogP contribution in [0.3, 0.4) is 0 Å². The summed E-state index contributed by atoms with van der Waals surface area (Å²) < 4.78 is 2.02. The number of aryl methyl sites for hydroxylation is 1. The van der Waals surface area contributed by atoms with Crippen LogP contribution in [0.1, 0.15) is 21.5 Å². The summed E-state index contributed by atoms with van der Waals surface area (Å²) in [6.45, 7) is 2.43. The Morgan fingerprint density at radius 3 is 2.91 bits per heavy atom. The predicted octanol–water partition coefficient (Wildman–Crippen LogP) is 3.59. The summed E-state index contributed by atoms with van der Waals surface area (Å²) in [4.78, 5) is 26.4. The third kappa shape index (κ3) is 4.21. The van der Waals surface area contributed by atoms with Gasteiger partial charge >= 0.3 is 0 Å². The number of carbonyl (C=O) groups excluding carboxylic acids is 1. The summed E-state index contributed by atoms with van der Waals surface area (Å²) in [5.74, 6) is -0.349. The number of carbonyl (C=O) groups is 1. The fourth-order valence-electron chi connectivity index (χ4n) is 3.86. The summed E-state index contributed by atoms with van der Waals surface area (Å²) in [6, 6.07) is 19.8. The fraction of sp³-hybridized carbons (Fsp3) is 0.160. The molecule has 3 heterocycles. The number of aliphatic hydroxyl groups is 1. The number of nitrogens with zero attached hydrogens (tertiary/aromatic N) is 3. The van der Waals surface area contributed by atoms with Gasteiger partial charge in [-0.3, -0.25) is 24.4 Å². The van der Waals surface area contributed by atoms with E-state index in [1.807, 2.05) is 48.0 Å². The Morgan fingerprint density at radius 1 is 1.15 bits per heavy atom. The number of hydroxylamine groups is 1. The van der Waals surface area contributed by atoms with Gasteiger partial charge in [-0.15, -0.1) is 0 Å². The Kier molecular flexibility index (Phi) is 5.60. The van der Waals surface area contributed by atoms with Crippen LogP contribution in [0.2, 0.25) is 0 Å². The normalized spacial score (nSPS) is 11.3. The lowest BCUT2D eigenvalue weighted by molar-refractivity contribution is 0.0168. The molecule has 8 heteroatoms. The van der Waals surface area contributed by atoms with Crippen LogP contribution in [0.15, 0.2) is 66.9 Å². The van der Waals surface area contributed by atoms with Crippen molar-refractivity contribution in [3.63, 3.8) is 0 Å². The largest absolute Gasteiger partial charge is 0.394 e. The zero-order valence-electron chi connectivity index (χ0n) is 18.1. The van der Waals surface area contributed by atoms with Crippen molar-refractivity contribution in [2.45, 2.75) is 13.5 Å². The number of hydrogen-bond donors (Lipinski definition) is 3. The van der Waals surface area contributed by atoms with Gasteiger partial charge in [-0.1, -0.05) is 18.2 Å². The number of H-pyrrole nitrogens is 1. The Balaban J connectivity index is 1.38. The monoisotopic (exact) mass is 441 g/mol. The summed E-state index contributed by atoms with van der Waals surface area (Å²) >= 11 is 0. The van der Waals surface area contributed by atoms with Crippen molar-refractivity contribution in [2.24, 2.45) is 0 Å². The SMILES string of the molecule is Cc1cc(-c2ccc3[nH]n(Cc4ccc5ncccc5c4)c3n2)ccc1C(=O)NOCCO. The first kappa shape index (κ1) is 20.9. The minimum absolute atomic E-state index is 0.0442. The number of fused-ring (bicyclic) bond motifs is 2. The fourth-order valence-corrected chi connectivity index (χ4v) is 3.86. The molecule has 5 rings (SSSR count). The van der Waals surface area contributed by atoms with Crippen molar-refractivity contribution in [1.82, 2.24) is 25.2 Å². The number of benzene rings is 2. The van der Waals surface area contributed by atoms with Crippen molar-refractivity contribution in [3.05, 3.63) is 83.6 Å². The summed E-state index contributed by atoms with van der Waals surface area (Å²) in [6.07, 6.45) is 1.80. The highest BCUT2D eigenvalue weighted by Crippen LogP contribution is 2.25. The van der Waals surface area contributed by atoms with E-state index in [9.17, 15) is 4.79 Å². The zero-order chi connectivity index (χ0) is 22.8. The molecule has 0 bridgehead atoms. The average molecular weight is 441 g/mol. The molecule has 0 aliphatic heterocycles. The minimum atomic E-state index is -0.349. The van der Waals surface area contributed by atoms with Gasteiger partial charge in [-0.25, -0.2) is 10.5 Å². The van der Waals surface area contributed by atoms with Crippen LogP contribution in [-0.4, -0.2) is 44.0 Å². The number of hydrogen-bond acceptors (Lipinski definition) is 5. The molecule has 0 aliphatic rings. The Morgan fingerprint density at radius 2 is 2.06 bits per heavy atom. The molecule has 5 aromatic rings. The number of aromatic nitrogens is 4. The maximum absolute atomic E-state index is 12.2. The van der Waals surface area contributed by atoms with Gasteiger partial charge in [0.25, 0.3) is 5.91 Å². The molecule has 0 atom stereocenters. The van der Waals surface area contributed by atoms with Crippen LogP contribution < -0.4 is 5.48 Å². The molecule has 2 aromatic carbocycles. The molecular formula is C25H23N5O3. The van der Waals surface area contributed by atoms with Gasteiger partial charge in [0.15, 0.2) is 5.65 Å². The van der Waals surface area contributed by atoms with Gasteiger partial charge in [-0.05, 0) is 60.5 Å². The zero-order valence-corrected chi connectivity index (χ0v) is 18.1. The summed E-state index contributed by atoms with van der Waals surface area (Å²) in [5, 5.41) is 13.2. The maximum Gasteiger partial charge on any atom is 0.275 e. The molecule has 166 valence electrons. The predicted molar refractivity (Wildman–Crippen MR) is 126 cm³/mol. The van der Waals surface area contributed by atoms with Gasteiger partial charge in [0, 0.05) is 22.7 Å². The standard InChI is InChI=1S/C25H23N5O3/c1-16-13-19(5-6-20(16)25(32)29-33-12-11-31)22-8-9-23-24(27-22)30(28-23)15-17-4-7-21-18(14-17)3-2-10-26-21/h2-10,13-14,28,31H,11-12,15H2,1H3,(H,29,32). The lowest BCUT2D eigenvalue weighted by Gasteiger charge is -2.17. The Bertz CT molecular complexity index is 1450. The van der Waals surface area contributed by atoms with Gasteiger partial charge in [0.05, 0.1) is 36.5 Å². The van der Waals surface area contributed by atoms with Crippen LogP contribution in [0.25, 0.3) is 33.3 Å². The molecular weight excluding hydrogens is 418 g/mol. The third-order valence-electron chi connectivity index (χ3n) is 5.52. The van der Waals surface area contributed by atoms with E-state index < -0.39 is 0 Å². The van der Waals surface area contributed by atoms with E-state index in [-0.39, 0.29) is 19.1 Å². The van der Waals surface area contributed by atoms with E-state index in [4.69, 9.17) is 14.9 Å². The highest BCUT2D eigenvalue weighted by Gasteiger charge is 2.13. The third-order valence-corrected chi connectivity index (χ3v) is 5.52. The van der Waals surface area contributed by atoms with Crippen LogP contribution >= 0.6 is 0 Å². The van der Waals surface area contributed by atoms with Crippen molar-refractivity contribution >= 4 is 28.0 Å². The lowest BCUT2D eigenvalue weighted by atomic mass is 10.0. The molecule has 0 radical (unpaired) electrons. The average Bonchev–Trinajstić information content (AvgIpc) is 2.82. The molecule has 3 aromatic heterocycles. The van der Waals surface area contributed by atoms with Crippen LogP contribution in [0, 0.1) is 6.92 Å². The maximum atomic E-state index is 12.2. The van der Waals surface area contributed by atoms with Gasteiger partial charge in [-0.2, -0.15) is 0 Å². The van der Waals surface area contributed by atoms with Crippen LogP contribution in [0.5, 0.6) is 0 Å². The van der Waals surface area contributed by atoms with Crippen molar-refractivity contribution in [2.75, 3.05) is 13.2 Å². The Labute approximate surface area is 189 Å². The highest BCUT2D eigenvalue weighted by molar-refractivity contribution is 5.95. The molecule has 0 fully saturated rings. The summed E-state index contributed by atoms with van der Waals surface area (Å²) in [7, 11) is 0. The Hall–Kier alpha value is -4.01. The number of pyridine rings is 2. The van der Waals surface area contributed by atoms with Crippen molar-refractivity contribution in [3.8, 4) is 11.3 Å². The number of aliphatic hydroxyl groups excluding tert-OH is 1. The minimum Gasteiger partial charge on any atom is -0.394 e. The van der Waals surface area contributed by atoms with Crippen molar-refractivity contribution < 1.29 is 14.7 Å². The van der Waals surface area contributed by atoms with E-state index in [1.54, 1.807) is 12.3 Å². The highest BCUT2D eigenvalue weighted by atomic mass is 16.7. The molecule has 0 saturated carbocycles. The smallest absolute Gasteiger partial charge is 0.275 e. The number of amides is 1.